The van der Waals surface area contributed by atoms with Crippen molar-refractivity contribution in [1.29, 1.82) is 5.26 Å². The van der Waals surface area contributed by atoms with Gasteiger partial charge in [-0.3, -0.25) is 4.90 Å². The molecule has 2 rings (SSSR count). The van der Waals surface area contributed by atoms with Gasteiger partial charge in [0.05, 0.1) is 12.5 Å². The van der Waals surface area contributed by atoms with Crippen LogP contribution in [-0.2, 0) is 0 Å². The van der Waals surface area contributed by atoms with E-state index < -0.39 is 5.51 Å². The molecule has 1 N–H and O–H groups in total. The zero-order valence-electron chi connectivity index (χ0n) is 12.2. The molecule has 0 bridgehead atoms. The average Bonchev–Trinajstić information content (AvgIpc) is 2.45. The second kappa shape index (κ2) is 10.3. The first-order chi connectivity index (χ1) is 9.99. The van der Waals surface area contributed by atoms with Crippen molar-refractivity contribution in [3.63, 3.8) is 0 Å². The second-order valence-electron chi connectivity index (χ2n) is 4.78. The molecule has 1 aromatic rings. The lowest BCUT2D eigenvalue weighted by Gasteiger charge is -2.34. The van der Waals surface area contributed by atoms with Crippen LogP contribution in [0.15, 0.2) is 29.2 Å². The Morgan fingerprint density at radius 1 is 1.17 bits per heavy atom. The molecule has 1 atom stereocenters. The van der Waals surface area contributed by atoms with Crippen LogP contribution in [0.4, 0.5) is 13.2 Å². The first-order valence-electron chi connectivity index (χ1n) is 6.67. The molecule has 9 heteroatoms. The summed E-state index contributed by atoms with van der Waals surface area (Å²) in [5, 5.41) is 12.2. The predicted molar refractivity (Wildman–Crippen MR) is 90.3 cm³/mol. The molecule has 130 valence electrons. The van der Waals surface area contributed by atoms with Gasteiger partial charge in [0.15, 0.2) is 0 Å². The van der Waals surface area contributed by atoms with E-state index in [1.165, 1.54) is 12.1 Å². The molecule has 3 nitrogen and oxygen atoms in total. The van der Waals surface area contributed by atoms with Crippen LogP contribution in [-0.4, -0.2) is 36.6 Å². The van der Waals surface area contributed by atoms with Gasteiger partial charge in [0.25, 0.3) is 0 Å². The normalized spacial score (nSPS) is 16.6. The van der Waals surface area contributed by atoms with Gasteiger partial charge in [-0.1, -0.05) is 12.1 Å². The quantitative estimate of drug-likeness (QED) is 0.792. The smallest absolute Gasteiger partial charge is 0.314 e. The number of hydrogen-bond donors (Lipinski definition) is 1. The highest BCUT2D eigenvalue weighted by Gasteiger charge is 2.29. The highest BCUT2D eigenvalue weighted by Crippen LogP contribution is 2.37. The molecule has 1 fully saturated rings. The van der Waals surface area contributed by atoms with Gasteiger partial charge < -0.3 is 5.32 Å². The van der Waals surface area contributed by atoms with E-state index in [1.807, 2.05) is 0 Å². The molecular weight excluding hydrogens is 370 g/mol. The second-order valence-corrected chi connectivity index (χ2v) is 5.92. The zero-order valence-corrected chi connectivity index (χ0v) is 14.6. The van der Waals surface area contributed by atoms with E-state index in [0.717, 1.165) is 31.7 Å². The van der Waals surface area contributed by atoms with Crippen LogP contribution < -0.4 is 5.32 Å². The number of nitrogens with zero attached hydrogens (tertiary/aromatic N) is 2. The Balaban J connectivity index is 0.00000242. The summed E-state index contributed by atoms with van der Waals surface area (Å²) in [6.45, 7) is 3.41. The molecule has 0 amide bonds. The summed E-state index contributed by atoms with van der Waals surface area (Å²) in [6, 6.07) is 8.45. The number of alkyl halides is 3. The van der Waals surface area contributed by atoms with E-state index in [0.29, 0.717) is 6.42 Å². The van der Waals surface area contributed by atoms with Crippen molar-refractivity contribution in [2.75, 3.05) is 26.2 Å². The number of rotatable bonds is 4. The molecule has 0 aliphatic carbocycles. The lowest BCUT2D eigenvalue weighted by Crippen LogP contribution is -2.45. The molecule has 1 saturated heterocycles. The van der Waals surface area contributed by atoms with Crippen LogP contribution in [0.1, 0.15) is 18.0 Å². The van der Waals surface area contributed by atoms with Crippen LogP contribution in [0.25, 0.3) is 0 Å². The van der Waals surface area contributed by atoms with E-state index in [1.54, 1.807) is 12.1 Å². The maximum Gasteiger partial charge on any atom is 0.446 e. The van der Waals surface area contributed by atoms with Crippen molar-refractivity contribution in [2.45, 2.75) is 22.9 Å². The molecule has 0 radical (unpaired) electrons. The molecule has 0 saturated carbocycles. The van der Waals surface area contributed by atoms with Gasteiger partial charge in [-0.05, 0) is 29.5 Å². The predicted octanol–water partition coefficient (Wildman–Crippen LogP) is 4.00. The Morgan fingerprint density at radius 2 is 1.74 bits per heavy atom. The summed E-state index contributed by atoms with van der Waals surface area (Å²) in [7, 11) is 0. The lowest BCUT2D eigenvalue weighted by molar-refractivity contribution is -0.0328. The first kappa shape index (κ1) is 22.4. The monoisotopic (exact) mass is 387 g/mol. The summed E-state index contributed by atoms with van der Waals surface area (Å²) in [5.74, 6) is 0. The average molecular weight is 388 g/mol. The molecular formula is C14H18Cl2F3N3S. The van der Waals surface area contributed by atoms with Crippen molar-refractivity contribution in [1.82, 2.24) is 10.2 Å². The Kier molecular flexibility index (Phi) is 9.97. The Bertz CT molecular complexity index is 499. The number of piperazine rings is 1. The van der Waals surface area contributed by atoms with Gasteiger partial charge in [0.1, 0.15) is 0 Å². The van der Waals surface area contributed by atoms with Gasteiger partial charge in [0.2, 0.25) is 0 Å². The molecule has 0 unspecified atom stereocenters. The number of benzene rings is 1. The minimum Gasteiger partial charge on any atom is -0.314 e. The Morgan fingerprint density at radius 3 is 2.22 bits per heavy atom. The number of halogens is 5. The van der Waals surface area contributed by atoms with Gasteiger partial charge in [-0.25, -0.2) is 0 Å². The fourth-order valence-electron chi connectivity index (χ4n) is 2.43. The summed E-state index contributed by atoms with van der Waals surface area (Å²) in [6.07, 6.45) is 0.339. The minimum atomic E-state index is -4.27. The summed E-state index contributed by atoms with van der Waals surface area (Å²) in [5.41, 5.74) is -3.38. The molecule has 1 aliphatic heterocycles. The molecule has 0 spiro atoms. The minimum absolute atomic E-state index is 0. The third-order valence-electron chi connectivity index (χ3n) is 3.38. The standard InChI is InChI=1S/C14H16F3N3S.2ClH/c15-14(16,17)21-12-3-1-11(2-4-12)13(5-6-18)20-9-7-19-8-10-20;;/h1-4,13,19H,5,7-10H2;2*1H/t13-;;/m1../s1. The SMILES string of the molecule is Cl.Cl.N#CC[C@H](c1ccc(SC(F)(F)F)cc1)N1CCNCC1. The van der Waals surface area contributed by atoms with E-state index in [2.05, 4.69) is 16.3 Å². The molecule has 1 heterocycles. The summed E-state index contributed by atoms with van der Waals surface area (Å²) in [4.78, 5) is 2.37. The van der Waals surface area contributed by atoms with Crippen LogP contribution >= 0.6 is 36.6 Å². The number of nitrogens with one attached hydrogen (secondary N) is 1. The fraction of sp³-hybridized carbons (Fsp3) is 0.500. The van der Waals surface area contributed by atoms with E-state index >= 15 is 0 Å². The van der Waals surface area contributed by atoms with Crippen LogP contribution in [0.3, 0.4) is 0 Å². The number of thioether (sulfide) groups is 1. The number of nitriles is 1. The zero-order chi connectivity index (χ0) is 15.3. The molecule has 0 aromatic heterocycles. The van der Waals surface area contributed by atoms with Crippen molar-refractivity contribution in [3.05, 3.63) is 29.8 Å². The van der Waals surface area contributed by atoms with E-state index in [-0.39, 0.29) is 47.5 Å². The Hall–Kier alpha value is -0.650. The van der Waals surface area contributed by atoms with Crippen molar-refractivity contribution < 1.29 is 13.2 Å². The summed E-state index contributed by atoms with van der Waals surface area (Å²) >= 11 is -0.119. The van der Waals surface area contributed by atoms with Crippen LogP contribution in [0.5, 0.6) is 0 Å². The number of hydrogen-bond acceptors (Lipinski definition) is 4. The van der Waals surface area contributed by atoms with Gasteiger partial charge in [-0.2, -0.15) is 18.4 Å². The van der Waals surface area contributed by atoms with Crippen molar-refractivity contribution in [2.24, 2.45) is 0 Å². The van der Waals surface area contributed by atoms with Crippen molar-refractivity contribution in [3.8, 4) is 6.07 Å². The third-order valence-corrected chi connectivity index (χ3v) is 4.11. The van der Waals surface area contributed by atoms with Gasteiger partial charge in [0, 0.05) is 37.1 Å². The maximum atomic E-state index is 12.3. The highest BCUT2D eigenvalue weighted by atomic mass is 35.5. The first-order valence-corrected chi connectivity index (χ1v) is 7.48. The summed E-state index contributed by atoms with van der Waals surface area (Å²) < 4.78 is 37.0. The maximum absolute atomic E-state index is 12.3. The molecule has 1 aromatic carbocycles. The molecule has 1 aliphatic rings. The molecule has 23 heavy (non-hydrogen) atoms. The van der Waals surface area contributed by atoms with E-state index in [4.69, 9.17) is 5.26 Å². The van der Waals surface area contributed by atoms with Crippen LogP contribution in [0.2, 0.25) is 0 Å². The Labute approximate surface area is 150 Å². The van der Waals surface area contributed by atoms with Gasteiger partial charge >= 0.3 is 5.51 Å². The third kappa shape index (κ3) is 7.19. The largest absolute Gasteiger partial charge is 0.446 e. The van der Waals surface area contributed by atoms with Gasteiger partial charge in [-0.15, -0.1) is 24.8 Å². The van der Waals surface area contributed by atoms with E-state index in [9.17, 15) is 13.2 Å². The van der Waals surface area contributed by atoms with Crippen LogP contribution in [0, 0.1) is 11.3 Å². The van der Waals surface area contributed by atoms with Crippen molar-refractivity contribution >= 4 is 36.6 Å². The fourth-order valence-corrected chi connectivity index (χ4v) is 2.97. The topological polar surface area (TPSA) is 39.1 Å². The lowest BCUT2D eigenvalue weighted by atomic mass is 10.0. The highest BCUT2D eigenvalue weighted by molar-refractivity contribution is 8.00.